The summed E-state index contributed by atoms with van der Waals surface area (Å²) in [5, 5.41) is 2.16. The van der Waals surface area contributed by atoms with Gasteiger partial charge in [0.05, 0.1) is 11.2 Å². The number of ether oxygens (including phenoxy) is 1. The molecule has 1 aromatic rings. The highest BCUT2D eigenvalue weighted by Gasteiger charge is 2.53. The van der Waals surface area contributed by atoms with Crippen LogP contribution in [0.1, 0.15) is 45.4 Å². The largest absolute Gasteiger partial charge is 0.368 e. The second-order valence-corrected chi connectivity index (χ2v) is 8.71. The van der Waals surface area contributed by atoms with Crippen LogP contribution in [-0.4, -0.2) is 34.7 Å². The Labute approximate surface area is 132 Å². The Balaban J connectivity index is 1.73. The Morgan fingerprint density at radius 3 is 2.48 bits per heavy atom. The van der Waals surface area contributed by atoms with Crippen molar-refractivity contribution in [3.05, 3.63) is 22.4 Å². The first-order valence-corrected chi connectivity index (χ1v) is 8.90. The lowest BCUT2D eigenvalue weighted by Gasteiger charge is -2.33. The predicted octanol–water partition coefficient (Wildman–Crippen LogP) is 3.24. The Morgan fingerprint density at radius 1 is 1.29 bits per heavy atom. The Bertz CT molecular complexity index is 479. The van der Waals surface area contributed by atoms with Gasteiger partial charge in [-0.25, -0.2) is 0 Å². The number of hydrogen-bond acceptors (Lipinski definition) is 4. The van der Waals surface area contributed by atoms with Crippen LogP contribution in [-0.2, 0) is 11.3 Å². The summed E-state index contributed by atoms with van der Waals surface area (Å²) >= 11 is 1.85. The second-order valence-electron chi connectivity index (χ2n) is 7.68. The maximum Gasteiger partial charge on any atom is 0.0788 e. The first-order chi connectivity index (χ1) is 9.79. The molecule has 4 heteroatoms. The molecule has 1 aromatic heterocycles. The molecule has 21 heavy (non-hydrogen) atoms. The van der Waals surface area contributed by atoms with Crippen LogP contribution >= 0.6 is 11.3 Å². The summed E-state index contributed by atoms with van der Waals surface area (Å²) in [5.74, 6) is 0.382. The van der Waals surface area contributed by atoms with E-state index in [-0.39, 0.29) is 17.2 Å². The van der Waals surface area contributed by atoms with E-state index in [0.29, 0.717) is 5.92 Å². The van der Waals surface area contributed by atoms with Crippen molar-refractivity contribution >= 4 is 11.3 Å². The molecular weight excluding hydrogens is 280 g/mol. The van der Waals surface area contributed by atoms with Crippen molar-refractivity contribution in [2.24, 2.45) is 11.7 Å². The van der Waals surface area contributed by atoms with Gasteiger partial charge in [-0.3, -0.25) is 4.90 Å². The minimum Gasteiger partial charge on any atom is -0.368 e. The van der Waals surface area contributed by atoms with Crippen molar-refractivity contribution in [2.45, 2.75) is 70.4 Å². The molecule has 3 nitrogen and oxygen atoms in total. The number of hydrogen-bond donors (Lipinski definition) is 1. The van der Waals surface area contributed by atoms with Crippen LogP contribution in [0.2, 0.25) is 0 Å². The summed E-state index contributed by atoms with van der Waals surface area (Å²) in [5.41, 5.74) is 6.15. The van der Waals surface area contributed by atoms with Crippen LogP contribution < -0.4 is 5.73 Å². The van der Waals surface area contributed by atoms with Gasteiger partial charge in [0, 0.05) is 36.0 Å². The molecule has 2 unspecified atom stereocenters. The standard InChI is InChI=1S/C17H28N2OS/c1-16(2)14(15(18)17(3,4)20-16)11-19(12-7-8-12)10-13-6-5-9-21-13/h5-6,9,12,14-15H,7-8,10-11,18H2,1-4H3. The number of rotatable bonds is 5. The Hall–Kier alpha value is -0.420. The maximum atomic E-state index is 6.53. The molecule has 1 saturated carbocycles. The van der Waals surface area contributed by atoms with E-state index in [2.05, 4.69) is 50.1 Å². The average molecular weight is 308 g/mol. The van der Waals surface area contributed by atoms with E-state index in [9.17, 15) is 0 Å². The summed E-state index contributed by atoms with van der Waals surface area (Å²) in [4.78, 5) is 4.08. The predicted molar refractivity (Wildman–Crippen MR) is 88.5 cm³/mol. The molecule has 3 rings (SSSR count). The maximum absolute atomic E-state index is 6.53. The topological polar surface area (TPSA) is 38.5 Å². The van der Waals surface area contributed by atoms with Crippen molar-refractivity contribution in [3.8, 4) is 0 Å². The fourth-order valence-corrected chi connectivity index (χ4v) is 4.44. The molecule has 1 saturated heterocycles. The zero-order valence-corrected chi connectivity index (χ0v) is 14.5. The smallest absolute Gasteiger partial charge is 0.0788 e. The summed E-state index contributed by atoms with van der Waals surface area (Å²) < 4.78 is 6.25. The molecule has 2 fully saturated rings. The molecule has 0 radical (unpaired) electrons. The van der Waals surface area contributed by atoms with E-state index in [1.807, 2.05) is 11.3 Å². The van der Waals surface area contributed by atoms with E-state index in [1.54, 1.807) is 0 Å². The SMILES string of the molecule is CC1(C)OC(C)(C)C(CN(Cc2cccs2)C2CC2)C1N. The van der Waals surface area contributed by atoms with Crippen LogP contribution in [0.25, 0.3) is 0 Å². The number of thiophene rings is 1. The average Bonchev–Trinajstić information content (AvgIpc) is 3.06. The molecule has 0 amide bonds. The highest BCUT2D eigenvalue weighted by Crippen LogP contribution is 2.43. The van der Waals surface area contributed by atoms with Crippen molar-refractivity contribution in [1.82, 2.24) is 4.90 Å². The third-order valence-electron chi connectivity index (χ3n) is 5.09. The molecule has 1 aliphatic heterocycles. The highest BCUT2D eigenvalue weighted by atomic mass is 32.1. The van der Waals surface area contributed by atoms with Gasteiger partial charge in [-0.2, -0.15) is 0 Å². The van der Waals surface area contributed by atoms with Crippen LogP contribution in [0.5, 0.6) is 0 Å². The number of nitrogens with zero attached hydrogens (tertiary/aromatic N) is 1. The molecule has 0 bridgehead atoms. The van der Waals surface area contributed by atoms with Crippen LogP contribution in [0.4, 0.5) is 0 Å². The van der Waals surface area contributed by atoms with Crippen LogP contribution in [0, 0.1) is 5.92 Å². The third-order valence-corrected chi connectivity index (χ3v) is 5.95. The third kappa shape index (κ3) is 3.19. The molecule has 2 atom stereocenters. The van der Waals surface area contributed by atoms with Gasteiger partial charge in [0.25, 0.3) is 0 Å². The van der Waals surface area contributed by atoms with Gasteiger partial charge in [0.2, 0.25) is 0 Å². The fraction of sp³-hybridized carbons (Fsp3) is 0.765. The van der Waals surface area contributed by atoms with E-state index >= 15 is 0 Å². The minimum absolute atomic E-state index is 0.0945. The molecule has 2 heterocycles. The van der Waals surface area contributed by atoms with Gasteiger partial charge in [0.15, 0.2) is 0 Å². The summed E-state index contributed by atoms with van der Waals surface area (Å²) in [7, 11) is 0. The first kappa shape index (κ1) is 15.5. The molecule has 0 spiro atoms. The molecule has 0 aromatic carbocycles. The summed E-state index contributed by atoms with van der Waals surface area (Å²) in [6.07, 6.45) is 2.66. The zero-order valence-electron chi connectivity index (χ0n) is 13.6. The van der Waals surface area contributed by atoms with E-state index in [0.717, 1.165) is 19.1 Å². The summed E-state index contributed by atoms with van der Waals surface area (Å²) in [6, 6.07) is 5.22. The molecular formula is C17H28N2OS. The summed E-state index contributed by atoms with van der Waals surface area (Å²) in [6.45, 7) is 10.7. The highest BCUT2D eigenvalue weighted by molar-refractivity contribution is 7.09. The van der Waals surface area contributed by atoms with Gasteiger partial charge in [0.1, 0.15) is 0 Å². The normalized spacial score (nSPS) is 31.0. The van der Waals surface area contributed by atoms with Crippen molar-refractivity contribution in [1.29, 1.82) is 0 Å². The van der Waals surface area contributed by atoms with Gasteiger partial charge in [-0.15, -0.1) is 11.3 Å². The van der Waals surface area contributed by atoms with Gasteiger partial charge in [-0.1, -0.05) is 6.07 Å². The van der Waals surface area contributed by atoms with E-state index in [1.165, 1.54) is 17.7 Å². The van der Waals surface area contributed by atoms with Crippen LogP contribution in [0.3, 0.4) is 0 Å². The van der Waals surface area contributed by atoms with Crippen molar-refractivity contribution in [3.63, 3.8) is 0 Å². The second kappa shape index (κ2) is 5.34. The molecule has 118 valence electrons. The number of nitrogens with two attached hydrogens (primary N) is 1. The van der Waals surface area contributed by atoms with E-state index in [4.69, 9.17) is 10.5 Å². The first-order valence-electron chi connectivity index (χ1n) is 8.02. The molecule has 2 aliphatic rings. The molecule has 2 N–H and O–H groups in total. The molecule has 1 aliphatic carbocycles. The van der Waals surface area contributed by atoms with Gasteiger partial charge < -0.3 is 10.5 Å². The lowest BCUT2D eigenvalue weighted by molar-refractivity contribution is -0.0787. The van der Waals surface area contributed by atoms with Crippen LogP contribution in [0.15, 0.2) is 17.5 Å². The van der Waals surface area contributed by atoms with Crippen molar-refractivity contribution in [2.75, 3.05) is 6.54 Å². The fourth-order valence-electron chi connectivity index (χ4n) is 3.71. The quantitative estimate of drug-likeness (QED) is 0.907. The minimum atomic E-state index is -0.230. The van der Waals surface area contributed by atoms with Gasteiger partial charge in [-0.05, 0) is 52.0 Å². The van der Waals surface area contributed by atoms with Gasteiger partial charge >= 0.3 is 0 Å². The Kier molecular flexibility index (Phi) is 3.93. The lowest BCUT2D eigenvalue weighted by Crippen LogP contribution is -2.48. The monoisotopic (exact) mass is 308 g/mol. The van der Waals surface area contributed by atoms with Crippen molar-refractivity contribution < 1.29 is 4.74 Å². The lowest BCUT2D eigenvalue weighted by atomic mass is 9.82. The zero-order chi connectivity index (χ0) is 15.3. The Morgan fingerprint density at radius 2 is 2.00 bits per heavy atom. The van der Waals surface area contributed by atoms with E-state index < -0.39 is 0 Å².